The summed E-state index contributed by atoms with van der Waals surface area (Å²) >= 11 is 0. The van der Waals surface area contributed by atoms with Crippen LogP contribution in [0.4, 0.5) is 18.9 Å². The van der Waals surface area contributed by atoms with Gasteiger partial charge in [0, 0.05) is 11.8 Å². The number of carbonyl (C=O) groups excluding carboxylic acids is 2. The van der Waals surface area contributed by atoms with Gasteiger partial charge in [0.15, 0.2) is 27.3 Å². The van der Waals surface area contributed by atoms with Gasteiger partial charge in [0.05, 0.1) is 17.1 Å². The lowest BCUT2D eigenvalue weighted by Crippen LogP contribution is -2.33. The van der Waals surface area contributed by atoms with Gasteiger partial charge in [-0.15, -0.1) is 0 Å². The van der Waals surface area contributed by atoms with E-state index >= 15 is 0 Å². The largest absolute Gasteiger partial charge is 0.343 e. The molecule has 0 aliphatic rings. The van der Waals surface area contributed by atoms with Gasteiger partial charge in [-0.3, -0.25) is 9.59 Å². The minimum atomic E-state index is -3.51. The van der Waals surface area contributed by atoms with Gasteiger partial charge in [-0.05, 0) is 30.3 Å². The fraction of sp³-hybridized carbons (Fsp3) is 0.125. The predicted molar refractivity (Wildman–Crippen MR) is 86.8 cm³/mol. The molecule has 0 bridgehead atoms. The van der Waals surface area contributed by atoms with E-state index in [1.165, 1.54) is 18.2 Å². The fourth-order valence-corrected chi connectivity index (χ4v) is 2.61. The molecular weight excluding hydrogens is 373 g/mol. The summed E-state index contributed by atoms with van der Waals surface area (Å²) in [5, 5.41) is 4.20. The summed E-state index contributed by atoms with van der Waals surface area (Å²) in [6, 6.07) is 6.63. The third-order valence-electron chi connectivity index (χ3n) is 3.24. The number of anilines is 1. The van der Waals surface area contributed by atoms with E-state index in [-0.39, 0.29) is 10.5 Å². The van der Waals surface area contributed by atoms with Crippen molar-refractivity contribution >= 4 is 27.3 Å². The van der Waals surface area contributed by atoms with Crippen LogP contribution in [-0.2, 0) is 14.6 Å². The zero-order valence-electron chi connectivity index (χ0n) is 13.3. The maximum atomic E-state index is 13.5. The van der Waals surface area contributed by atoms with E-state index in [9.17, 15) is 31.2 Å². The van der Waals surface area contributed by atoms with Crippen molar-refractivity contribution in [3.63, 3.8) is 0 Å². The Morgan fingerprint density at radius 3 is 2.38 bits per heavy atom. The van der Waals surface area contributed by atoms with Crippen LogP contribution in [0.15, 0.2) is 41.3 Å². The number of amides is 2. The number of sulfone groups is 1. The lowest BCUT2D eigenvalue weighted by Gasteiger charge is -2.09. The van der Waals surface area contributed by atoms with Crippen molar-refractivity contribution in [1.29, 1.82) is 0 Å². The Balaban J connectivity index is 2.02. The zero-order chi connectivity index (χ0) is 19.5. The van der Waals surface area contributed by atoms with E-state index in [0.29, 0.717) is 6.07 Å². The molecule has 0 unspecified atom stereocenters. The lowest BCUT2D eigenvalue weighted by molar-refractivity contribution is -0.115. The molecule has 0 saturated heterocycles. The molecule has 0 fully saturated rings. The molecule has 0 spiro atoms. The second-order valence-electron chi connectivity index (χ2n) is 5.25. The van der Waals surface area contributed by atoms with Crippen LogP contribution >= 0.6 is 0 Å². The third kappa shape index (κ3) is 4.60. The molecular formula is C16H13F3N2O4S. The van der Waals surface area contributed by atoms with E-state index in [0.717, 1.165) is 18.4 Å². The van der Waals surface area contributed by atoms with Crippen molar-refractivity contribution in [3.8, 4) is 0 Å². The molecule has 2 rings (SSSR count). The summed E-state index contributed by atoms with van der Waals surface area (Å²) in [7, 11) is -3.51. The molecule has 10 heteroatoms. The van der Waals surface area contributed by atoms with Crippen LogP contribution in [0.5, 0.6) is 0 Å². The summed E-state index contributed by atoms with van der Waals surface area (Å²) in [6.45, 7) is -0.597. The lowest BCUT2D eigenvalue weighted by atomic mass is 10.2. The van der Waals surface area contributed by atoms with Gasteiger partial charge in [-0.2, -0.15) is 0 Å². The van der Waals surface area contributed by atoms with Crippen LogP contribution in [0.1, 0.15) is 10.4 Å². The smallest absolute Gasteiger partial charge is 0.251 e. The van der Waals surface area contributed by atoms with Gasteiger partial charge in [-0.1, -0.05) is 6.07 Å². The molecule has 26 heavy (non-hydrogen) atoms. The van der Waals surface area contributed by atoms with E-state index in [1.807, 2.05) is 5.32 Å². The summed E-state index contributed by atoms with van der Waals surface area (Å²) in [5.41, 5.74) is -0.582. The highest BCUT2D eigenvalue weighted by atomic mass is 32.2. The van der Waals surface area contributed by atoms with E-state index < -0.39 is 51.3 Å². The van der Waals surface area contributed by atoms with Gasteiger partial charge in [0.25, 0.3) is 5.91 Å². The van der Waals surface area contributed by atoms with Crippen LogP contribution in [0.2, 0.25) is 0 Å². The van der Waals surface area contributed by atoms with Crippen molar-refractivity contribution < 1.29 is 31.2 Å². The van der Waals surface area contributed by atoms with Crippen molar-refractivity contribution in [1.82, 2.24) is 5.32 Å². The summed E-state index contributed by atoms with van der Waals surface area (Å²) < 4.78 is 62.3. The molecule has 6 nitrogen and oxygen atoms in total. The van der Waals surface area contributed by atoms with Crippen LogP contribution in [0, 0.1) is 17.5 Å². The molecule has 0 aliphatic carbocycles. The summed E-state index contributed by atoms with van der Waals surface area (Å²) in [4.78, 5) is 23.6. The average molecular weight is 386 g/mol. The van der Waals surface area contributed by atoms with Crippen LogP contribution in [0.3, 0.4) is 0 Å². The van der Waals surface area contributed by atoms with Gasteiger partial charge in [0.2, 0.25) is 5.91 Å². The first kappa shape index (κ1) is 19.4. The molecule has 0 aromatic heterocycles. The van der Waals surface area contributed by atoms with Crippen molar-refractivity contribution in [2.45, 2.75) is 4.90 Å². The zero-order valence-corrected chi connectivity index (χ0v) is 14.2. The number of nitrogens with one attached hydrogen (secondary N) is 2. The van der Waals surface area contributed by atoms with Gasteiger partial charge < -0.3 is 10.6 Å². The van der Waals surface area contributed by atoms with Gasteiger partial charge in [-0.25, -0.2) is 21.6 Å². The molecule has 0 radical (unpaired) electrons. The topological polar surface area (TPSA) is 92.3 Å². The first-order valence-electron chi connectivity index (χ1n) is 7.11. The van der Waals surface area contributed by atoms with Crippen LogP contribution in [0.25, 0.3) is 0 Å². The molecule has 0 aliphatic heterocycles. The molecule has 0 atom stereocenters. The molecule has 0 heterocycles. The van der Waals surface area contributed by atoms with Crippen LogP contribution in [-0.4, -0.2) is 33.0 Å². The Morgan fingerprint density at radius 2 is 1.73 bits per heavy atom. The van der Waals surface area contributed by atoms with E-state index in [4.69, 9.17) is 0 Å². The molecule has 2 N–H and O–H groups in total. The maximum absolute atomic E-state index is 13.5. The normalized spacial score (nSPS) is 11.1. The van der Waals surface area contributed by atoms with Crippen molar-refractivity contribution in [3.05, 3.63) is 59.4 Å². The number of benzene rings is 2. The van der Waals surface area contributed by atoms with E-state index in [1.54, 1.807) is 0 Å². The van der Waals surface area contributed by atoms with Gasteiger partial charge >= 0.3 is 0 Å². The Hall–Kier alpha value is -2.88. The number of hydrogen-bond donors (Lipinski definition) is 2. The average Bonchev–Trinajstić information content (AvgIpc) is 2.59. The van der Waals surface area contributed by atoms with Crippen LogP contribution < -0.4 is 10.6 Å². The number of hydrogen-bond acceptors (Lipinski definition) is 4. The Kier molecular flexibility index (Phi) is 5.66. The Bertz CT molecular complexity index is 977. The highest BCUT2D eigenvalue weighted by molar-refractivity contribution is 7.90. The third-order valence-corrected chi connectivity index (χ3v) is 4.35. The number of rotatable bonds is 5. The second kappa shape index (κ2) is 7.56. The van der Waals surface area contributed by atoms with Crippen molar-refractivity contribution in [2.24, 2.45) is 0 Å². The molecule has 138 valence electrons. The summed E-state index contributed by atoms with van der Waals surface area (Å²) in [5.74, 6) is -6.33. The molecule has 2 aromatic carbocycles. The minimum absolute atomic E-state index is 0.000248. The highest BCUT2D eigenvalue weighted by Crippen LogP contribution is 2.19. The van der Waals surface area contributed by atoms with Gasteiger partial charge in [0.1, 0.15) is 0 Å². The SMILES string of the molecule is CS(=O)(=O)c1cccc(C(=O)NCC(=O)Nc2ccc(F)c(F)c2F)c1. The second-order valence-corrected chi connectivity index (χ2v) is 7.27. The fourth-order valence-electron chi connectivity index (χ4n) is 1.95. The predicted octanol–water partition coefficient (Wildman–Crippen LogP) is 1.88. The van der Waals surface area contributed by atoms with Crippen molar-refractivity contribution in [2.75, 3.05) is 18.1 Å². The first-order chi connectivity index (χ1) is 12.1. The quantitative estimate of drug-likeness (QED) is 0.768. The molecule has 0 saturated carbocycles. The number of carbonyl (C=O) groups is 2. The van der Waals surface area contributed by atoms with E-state index in [2.05, 4.69) is 5.32 Å². The molecule has 2 aromatic rings. The highest BCUT2D eigenvalue weighted by Gasteiger charge is 2.16. The first-order valence-corrected chi connectivity index (χ1v) is 9.00. The summed E-state index contributed by atoms with van der Waals surface area (Å²) in [6.07, 6.45) is 0.980. The Morgan fingerprint density at radius 1 is 1.04 bits per heavy atom. The number of halogens is 3. The maximum Gasteiger partial charge on any atom is 0.251 e. The minimum Gasteiger partial charge on any atom is -0.343 e. The Labute approximate surface area is 146 Å². The molecule has 2 amide bonds. The standard InChI is InChI=1S/C16H13F3N2O4S/c1-26(24,25)10-4-2-3-9(7-10)16(23)20-8-13(22)21-12-6-5-11(17)14(18)15(12)19/h2-7H,8H2,1H3,(H,20,23)(H,21,22). The monoisotopic (exact) mass is 386 g/mol.